The van der Waals surface area contributed by atoms with E-state index in [2.05, 4.69) is 37.4 Å². The summed E-state index contributed by atoms with van der Waals surface area (Å²) in [5.41, 5.74) is 4.31. The van der Waals surface area contributed by atoms with Crippen molar-refractivity contribution in [1.82, 2.24) is 5.32 Å². The number of hydrogen-bond acceptors (Lipinski definition) is 1. The van der Waals surface area contributed by atoms with E-state index in [-0.39, 0.29) is 0 Å². The first-order valence-corrected chi connectivity index (χ1v) is 7.05. The van der Waals surface area contributed by atoms with E-state index in [0.29, 0.717) is 0 Å². The first-order valence-electron chi connectivity index (χ1n) is 7.05. The van der Waals surface area contributed by atoms with Crippen LogP contribution in [-0.4, -0.2) is 12.6 Å². The lowest BCUT2D eigenvalue weighted by Gasteiger charge is -2.11. The van der Waals surface area contributed by atoms with Gasteiger partial charge in [-0.05, 0) is 62.8 Å². The smallest absolute Gasteiger partial charge is 0.00670 e. The molecule has 1 saturated carbocycles. The van der Waals surface area contributed by atoms with Crippen LogP contribution in [0.4, 0.5) is 0 Å². The van der Waals surface area contributed by atoms with Crippen molar-refractivity contribution in [2.75, 3.05) is 6.54 Å². The van der Waals surface area contributed by atoms with Gasteiger partial charge in [0.25, 0.3) is 0 Å². The van der Waals surface area contributed by atoms with Crippen molar-refractivity contribution in [3.05, 3.63) is 34.9 Å². The first-order chi connectivity index (χ1) is 8.25. The van der Waals surface area contributed by atoms with E-state index in [0.717, 1.165) is 6.04 Å². The fraction of sp³-hybridized carbons (Fsp3) is 0.625. The van der Waals surface area contributed by atoms with Gasteiger partial charge >= 0.3 is 0 Å². The molecule has 2 rings (SSSR count). The fourth-order valence-corrected chi connectivity index (χ4v) is 2.69. The van der Waals surface area contributed by atoms with Gasteiger partial charge in [-0.15, -0.1) is 0 Å². The van der Waals surface area contributed by atoms with Crippen molar-refractivity contribution in [2.24, 2.45) is 0 Å². The second kappa shape index (κ2) is 6.20. The van der Waals surface area contributed by atoms with Crippen LogP contribution in [0.5, 0.6) is 0 Å². The summed E-state index contributed by atoms with van der Waals surface area (Å²) in [5, 5.41) is 3.68. The Labute approximate surface area is 106 Å². The zero-order chi connectivity index (χ0) is 12.1. The van der Waals surface area contributed by atoms with Gasteiger partial charge in [0.15, 0.2) is 0 Å². The minimum atomic E-state index is 0.815. The second-order valence-corrected chi connectivity index (χ2v) is 5.46. The summed E-state index contributed by atoms with van der Waals surface area (Å²) in [5.74, 6) is 0. The highest BCUT2D eigenvalue weighted by Gasteiger charge is 2.13. The Kier molecular flexibility index (Phi) is 4.61. The van der Waals surface area contributed by atoms with Crippen molar-refractivity contribution in [2.45, 2.75) is 58.4 Å². The highest BCUT2D eigenvalue weighted by Crippen LogP contribution is 2.17. The molecule has 0 heterocycles. The van der Waals surface area contributed by atoms with Crippen LogP contribution >= 0.6 is 0 Å². The van der Waals surface area contributed by atoms with Gasteiger partial charge in [-0.2, -0.15) is 0 Å². The Balaban J connectivity index is 1.68. The summed E-state index contributed by atoms with van der Waals surface area (Å²) < 4.78 is 0. The molecule has 0 amide bonds. The van der Waals surface area contributed by atoms with Crippen LogP contribution in [0.15, 0.2) is 18.2 Å². The molecule has 1 nitrogen and oxygen atoms in total. The van der Waals surface area contributed by atoms with Crippen LogP contribution in [0.2, 0.25) is 0 Å². The van der Waals surface area contributed by atoms with Gasteiger partial charge in [0.05, 0.1) is 0 Å². The molecule has 0 aromatic heterocycles. The first kappa shape index (κ1) is 12.6. The Morgan fingerprint density at radius 3 is 2.59 bits per heavy atom. The molecule has 0 saturated heterocycles. The molecule has 94 valence electrons. The summed E-state index contributed by atoms with van der Waals surface area (Å²) in [6.07, 6.45) is 8.11. The lowest BCUT2D eigenvalue weighted by atomic mass is 10.0. The summed E-state index contributed by atoms with van der Waals surface area (Å²) in [7, 11) is 0. The monoisotopic (exact) mass is 231 g/mol. The maximum atomic E-state index is 3.68. The standard InChI is InChI=1S/C16H25N/c1-13-9-10-15(12-14(13)2)6-5-11-17-16-7-3-4-8-16/h9-10,12,16-17H,3-8,11H2,1-2H3. The average Bonchev–Trinajstić information content (AvgIpc) is 2.82. The van der Waals surface area contributed by atoms with Gasteiger partial charge in [-0.3, -0.25) is 0 Å². The molecule has 1 aromatic rings. The maximum absolute atomic E-state index is 3.68. The molecule has 0 aliphatic heterocycles. The van der Waals surface area contributed by atoms with Crippen LogP contribution in [0.3, 0.4) is 0 Å². The number of aryl methyl sites for hydroxylation is 3. The molecule has 0 bridgehead atoms. The molecule has 0 radical (unpaired) electrons. The molecule has 17 heavy (non-hydrogen) atoms. The predicted octanol–water partition coefficient (Wildman–Crippen LogP) is 3.77. The molecular formula is C16H25N. The molecule has 0 unspecified atom stereocenters. The van der Waals surface area contributed by atoms with Crippen molar-refractivity contribution < 1.29 is 0 Å². The Hall–Kier alpha value is -0.820. The lowest BCUT2D eigenvalue weighted by molar-refractivity contribution is 0.515. The fourth-order valence-electron chi connectivity index (χ4n) is 2.69. The molecule has 1 fully saturated rings. The molecule has 1 aliphatic rings. The molecule has 0 spiro atoms. The second-order valence-electron chi connectivity index (χ2n) is 5.46. The summed E-state index contributed by atoms with van der Waals surface area (Å²) >= 11 is 0. The van der Waals surface area contributed by atoms with E-state index in [1.165, 1.54) is 61.8 Å². The minimum Gasteiger partial charge on any atom is -0.314 e. The van der Waals surface area contributed by atoms with E-state index < -0.39 is 0 Å². The lowest BCUT2D eigenvalue weighted by Crippen LogP contribution is -2.27. The van der Waals surface area contributed by atoms with Crippen molar-refractivity contribution >= 4 is 0 Å². The minimum absolute atomic E-state index is 0.815. The van der Waals surface area contributed by atoms with Gasteiger partial charge in [-0.25, -0.2) is 0 Å². The van der Waals surface area contributed by atoms with E-state index in [1.54, 1.807) is 0 Å². The van der Waals surface area contributed by atoms with Gasteiger partial charge in [0, 0.05) is 6.04 Å². The zero-order valence-corrected chi connectivity index (χ0v) is 11.3. The molecule has 1 N–H and O–H groups in total. The summed E-state index contributed by atoms with van der Waals surface area (Å²) in [4.78, 5) is 0. The Morgan fingerprint density at radius 1 is 1.12 bits per heavy atom. The Bertz CT molecular complexity index is 351. The summed E-state index contributed by atoms with van der Waals surface area (Å²) in [6, 6.07) is 7.67. The summed E-state index contributed by atoms with van der Waals surface area (Å²) in [6.45, 7) is 5.56. The average molecular weight is 231 g/mol. The third kappa shape index (κ3) is 3.85. The molecule has 1 aromatic carbocycles. The number of benzene rings is 1. The third-order valence-corrected chi connectivity index (χ3v) is 4.00. The third-order valence-electron chi connectivity index (χ3n) is 4.00. The van der Waals surface area contributed by atoms with E-state index in [1.807, 2.05) is 0 Å². The van der Waals surface area contributed by atoms with Gasteiger partial charge in [-0.1, -0.05) is 31.0 Å². The number of hydrogen-bond donors (Lipinski definition) is 1. The van der Waals surface area contributed by atoms with Crippen LogP contribution in [0, 0.1) is 13.8 Å². The SMILES string of the molecule is Cc1ccc(CCCNC2CCCC2)cc1C. The van der Waals surface area contributed by atoms with Crippen LogP contribution in [-0.2, 0) is 6.42 Å². The van der Waals surface area contributed by atoms with Crippen molar-refractivity contribution in [3.63, 3.8) is 0 Å². The topological polar surface area (TPSA) is 12.0 Å². The molecule has 1 heteroatoms. The Morgan fingerprint density at radius 2 is 1.88 bits per heavy atom. The number of nitrogens with one attached hydrogen (secondary N) is 1. The van der Waals surface area contributed by atoms with Crippen LogP contribution < -0.4 is 5.32 Å². The molecule has 0 atom stereocenters. The van der Waals surface area contributed by atoms with Gasteiger partial charge < -0.3 is 5.32 Å². The largest absolute Gasteiger partial charge is 0.314 e. The quantitative estimate of drug-likeness (QED) is 0.761. The van der Waals surface area contributed by atoms with Gasteiger partial charge in [0.1, 0.15) is 0 Å². The zero-order valence-electron chi connectivity index (χ0n) is 11.3. The highest BCUT2D eigenvalue weighted by molar-refractivity contribution is 5.29. The van der Waals surface area contributed by atoms with Crippen LogP contribution in [0.1, 0.15) is 48.8 Å². The molecular weight excluding hydrogens is 206 g/mol. The van der Waals surface area contributed by atoms with Gasteiger partial charge in [0.2, 0.25) is 0 Å². The number of rotatable bonds is 5. The van der Waals surface area contributed by atoms with Crippen LogP contribution in [0.25, 0.3) is 0 Å². The highest BCUT2D eigenvalue weighted by atomic mass is 14.9. The predicted molar refractivity (Wildman–Crippen MR) is 74.5 cm³/mol. The van der Waals surface area contributed by atoms with Crippen molar-refractivity contribution in [3.8, 4) is 0 Å². The van der Waals surface area contributed by atoms with E-state index in [4.69, 9.17) is 0 Å². The van der Waals surface area contributed by atoms with E-state index in [9.17, 15) is 0 Å². The van der Waals surface area contributed by atoms with E-state index >= 15 is 0 Å². The maximum Gasteiger partial charge on any atom is 0.00670 e. The van der Waals surface area contributed by atoms with Crippen molar-refractivity contribution in [1.29, 1.82) is 0 Å². The molecule has 1 aliphatic carbocycles. The normalized spacial score (nSPS) is 16.6.